The van der Waals surface area contributed by atoms with Crippen LogP contribution in [0.3, 0.4) is 0 Å². The number of aromatic nitrogens is 5. The number of allylic oxidation sites excluding steroid dienone is 6. The quantitative estimate of drug-likeness (QED) is 0.00923. The average molecular weight is 1800 g/mol. The number of aliphatic hydroxyl groups excluding tert-OH is 1. The Hall–Kier alpha value is -8.49. The SMILES string of the molecule is CO[C@@H](CC1CCCC(C(=O)C(=O)N2CCCCC2)O1)/C(C)=C/C=C/C=C/[C@@H](C)C[C@@H](C)C(=O)C[C@H](O)/C(C)=C/[C@@H](C)CC[C@@H](CCC1CCC(OC(=O)NCCOCCOCCOCCOCCOCCOCCOCCOCCC(=O)NCCS(=O)(=O)N2CCc3cc(Cn4nc(-c5ccc6oc(N)nc6c5)c5c(N(C)C)ncnc54)ccc3C2)CC1)OC=O. The summed E-state index contributed by atoms with van der Waals surface area (Å²) in [5.74, 6) is -0.209. The van der Waals surface area contributed by atoms with Crippen LogP contribution in [-0.2, 0) is 110 Å². The van der Waals surface area contributed by atoms with Gasteiger partial charge in [-0.3, -0.25) is 24.0 Å². The third-order valence-electron chi connectivity index (χ3n) is 23.5. The summed E-state index contributed by atoms with van der Waals surface area (Å²) in [5.41, 5.74) is 13.9. The number of ether oxygens (including phenoxy) is 12. The van der Waals surface area contributed by atoms with Gasteiger partial charge in [0.1, 0.15) is 47.5 Å². The number of sulfonamides is 1. The fraction of sp³-hybridized carbons (Fsp3) is 0.656. The lowest BCUT2D eigenvalue weighted by atomic mass is 9.83. The summed E-state index contributed by atoms with van der Waals surface area (Å²) in [7, 11) is 1.85. The molecule has 33 nitrogen and oxygen atoms in total. The Bertz CT molecular complexity index is 4450. The number of aliphatic hydroxyl groups is 1. The zero-order chi connectivity index (χ0) is 90.7. The Kier molecular flexibility index (Phi) is 44.7. The number of benzene rings is 2. The maximum absolute atomic E-state index is 13.4. The first-order valence-electron chi connectivity index (χ1n) is 45.4. The molecule has 2 saturated heterocycles. The lowest BCUT2D eigenvalue weighted by molar-refractivity contribution is -0.157. The zero-order valence-electron chi connectivity index (χ0n) is 75.8. The molecule has 34 heteroatoms. The molecule has 6 heterocycles. The number of Topliss-reactive ketones (excluding diaryl/α,β-unsaturated/α-hetero) is 2. The average Bonchev–Trinajstić information content (AvgIpc) is 1.60. The van der Waals surface area contributed by atoms with Gasteiger partial charge in [0, 0.05) is 91.2 Å². The van der Waals surface area contributed by atoms with Crippen molar-refractivity contribution in [3.63, 3.8) is 0 Å². The standard InChI is InChI=1S/C93H139N11O22S/c1-66(16-11-9-12-17-68(3)84(114-8)60-78-18-15-19-83(124-78)88(109)91(110)102-36-13-10-14-37-102)56-69(4)80(106)61-81(107)70(5)57-67(2)20-27-76(123-65-105)28-22-71-23-29-77(30-24-71)125-93(111)96-34-40-116-42-44-118-46-48-120-50-52-122-54-53-121-51-49-119-47-45-117-43-41-115-39-33-85(108)95-35-55-127(112,113)103-38-32-73-58-72(21-25-75(73)63-103)62-104-90-86(89(101(6)7)97-64-98-90)87(100-104)74-26-31-82-79(59-74)99-92(94)126-82/h9,11-12,16-17,21,25-26,31,57-59,64-67,69,71,76-78,81,83-84,107H,10,13-15,18-20,22-24,27-30,32-56,60-63H2,1-8H3,(H2,94,99)(H,95,108)(H,96,111)/b12-9+,16-11+,68-17+,70-57+/t66-,67+,69-,71?,76+,77?,78?,81+,83?,84+/m1/s1. The van der Waals surface area contributed by atoms with Gasteiger partial charge in [0.05, 0.1) is 142 Å². The summed E-state index contributed by atoms with van der Waals surface area (Å²) >= 11 is 0. The minimum Gasteiger partial charge on any atom is -0.465 e. The van der Waals surface area contributed by atoms with Crippen molar-refractivity contribution in [3.8, 4) is 11.3 Å². The number of fused-ring (bicyclic) bond motifs is 3. The van der Waals surface area contributed by atoms with Crippen molar-refractivity contribution in [2.45, 2.75) is 206 Å². The van der Waals surface area contributed by atoms with E-state index in [-0.39, 0.29) is 98.2 Å². The number of carbonyl (C=O) groups is 6. The molecule has 5 aromatic rings. The van der Waals surface area contributed by atoms with Gasteiger partial charge in [-0.15, -0.1) is 0 Å². The topological polar surface area (TPSA) is 397 Å². The summed E-state index contributed by atoms with van der Waals surface area (Å²) in [6.45, 7) is 18.8. The van der Waals surface area contributed by atoms with E-state index in [1.165, 1.54) is 10.6 Å². The van der Waals surface area contributed by atoms with Crippen LogP contribution in [0.2, 0.25) is 0 Å². The number of nitrogens with two attached hydrogens (primary N) is 1. The predicted molar refractivity (Wildman–Crippen MR) is 481 cm³/mol. The van der Waals surface area contributed by atoms with Gasteiger partial charge in [-0.2, -0.15) is 14.4 Å². The molecular formula is C93H139N11O22S. The number of nitrogen functional groups attached to an aromatic ring is 1. The summed E-state index contributed by atoms with van der Waals surface area (Å²) in [4.78, 5) is 93.0. The zero-order valence-corrected chi connectivity index (χ0v) is 76.7. The number of carbonyl (C=O) groups excluding carboxylic acids is 6. The summed E-state index contributed by atoms with van der Waals surface area (Å²) in [6, 6.07) is 11.8. The van der Waals surface area contributed by atoms with Gasteiger partial charge < -0.3 is 92.5 Å². The fourth-order valence-electron chi connectivity index (χ4n) is 16.3. The number of anilines is 2. The number of rotatable bonds is 60. The Morgan fingerprint density at radius 3 is 2.05 bits per heavy atom. The number of piperidine rings is 1. The Balaban J connectivity index is 0.492. The van der Waals surface area contributed by atoms with Crippen LogP contribution in [0.5, 0.6) is 0 Å². The van der Waals surface area contributed by atoms with Crippen molar-refractivity contribution in [2.24, 2.45) is 23.7 Å². The van der Waals surface area contributed by atoms with E-state index in [0.29, 0.717) is 205 Å². The van der Waals surface area contributed by atoms with Gasteiger partial charge in [0.15, 0.2) is 11.2 Å². The van der Waals surface area contributed by atoms with Crippen LogP contribution in [-0.4, -0.2) is 285 Å². The molecule has 127 heavy (non-hydrogen) atoms. The lowest BCUT2D eigenvalue weighted by Gasteiger charge is -2.33. The number of hydrogen-bond donors (Lipinski definition) is 4. The van der Waals surface area contributed by atoms with Crippen molar-refractivity contribution in [2.75, 3.05) is 176 Å². The van der Waals surface area contributed by atoms with Gasteiger partial charge in [-0.1, -0.05) is 75.4 Å². The van der Waals surface area contributed by atoms with Crippen LogP contribution in [0.25, 0.3) is 33.4 Å². The second-order valence-corrected chi connectivity index (χ2v) is 35.8. The number of amides is 3. The van der Waals surface area contributed by atoms with E-state index in [0.717, 1.165) is 116 Å². The summed E-state index contributed by atoms with van der Waals surface area (Å²) in [5, 5.41) is 22.4. The number of oxazole rings is 1. The van der Waals surface area contributed by atoms with E-state index < -0.39 is 40.0 Å². The van der Waals surface area contributed by atoms with E-state index in [1.807, 2.05) is 105 Å². The molecule has 8 atom stereocenters. The van der Waals surface area contributed by atoms with Crippen LogP contribution in [0, 0.1) is 23.7 Å². The normalized spacial score (nSPS) is 18.9. The highest BCUT2D eigenvalue weighted by atomic mass is 32.2. The van der Waals surface area contributed by atoms with Crippen molar-refractivity contribution in [1.82, 2.24) is 44.6 Å². The van der Waals surface area contributed by atoms with Crippen LogP contribution < -0.4 is 21.3 Å². The lowest BCUT2D eigenvalue weighted by Crippen LogP contribution is -2.46. The second-order valence-electron chi connectivity index (χ2n) is 33.7. The molecular weight excluding hydrogens is 1660 g/mol. The molecule has 9 rings (SSSR count). The highest BCUT2D eigenvalue weighted by Crippen LogP contribution is 2.37. The largest absolute Gasteiger partial charge is 0.465 e. The number of alkyl carbamates (subject to hydrolysis) is 1. The number of hydrogen-bond acceptors (Lipinski definition) is 28. The van der Waals surface area contributed by atoms with Crippen LogP contribution in [0.1, 0.15) is 167 Å². The Morgan fingerprint density at radius 1 is 0.717 bits per heavy atom. The predicted octanol–water partition coefficient (Wildman–Crippen LogP) is 10.6. The van der Waals surface area contributed by atoms with E-state index >= 15 is 0 Å². The monoisotopic (exact) mass is 1790 g/mol. The van der Waals surface area contributed by atoms with Crippen LogP contribution in [0.4, 0.5) is 16.6 Å². The Morgan fingerprint density at radius 2 is 1.39 bits per heavy atom. The smallest absolute Gasteiger partial charge is 0.407 e. The molecule has 0 bridgehead atoms. The third kappa shape index (κ3) is 35.4. The van der Waals surface area contributed by atoms with Gasteiger partial charge in [0.25, 0.3) is 18.4 Å². The summed E-state index contributed by atoms with van der Waals surface area (Å²) < 4.78 is 104. The van der Waals surface area contributed by atoms with Gasteiger partial charge in [0.2, 0.25) is 21.7 Å². The molecule has 0 spiro atoms. The first-order chi connectivity index (χ1) is 61.4. The van der Waals surface area contributed by atoms with Crippen LogP contribution >= 0.6 is 0 Å². The van der Waals surface area contributed by atoms with Crippen molar-refractivity contribution < 1.29 is 104 Å². The first-order valence-corrected chi connectivity index (χ1v) is 47.0. The minimum atomic E-state index is -3.66. The van der Waals surface area contributed by atoms with Crippen molar-refractivity contribution in [1.29, 1.82) is 0 Å². The highest BCUT2D eigenvalue weighted by molar-refractivity contribution is 7.89. The third-order valence-corrected chi connectivity index (χ3v) is 25.4. The van der Waals surface area contributed by atoms with Gasteiger partial charge in [-0.05, 0) is 180 Å². The molecule has 5 N–H and O–H groups in total. The number of nitrogens with zero attached hydrogens (tertiary/aromatic N) is 8. The molecule has 1 aliphatic carbocycles. The molecule has 4 aliphatic rings. The van der Waals surface area contributed by atoms with E-state index in [4.69, 9.17) is 72.1 Å². The second kappa shape index (κ2) is 55.5. The maximum atomic E-state index is 13.4. The molecule has 704 valence electrons. The maximum Gasteiger partial charge on any atom is 0.407 e. The molecule has 3 fully saturated rings. The van der Waals surface area contributed by atoms with Crippen molar-refractivity contribution >= 4 is 79.9 Å². The number of methoxy groups -OCH3 is 1. The number of likely N-dealkylation sites (tertiary alicyclic amines) is 1. The van der Waals surface area contributed by atoms with Gasteiger partial charge >= 0.3 is 6.09 Å². The first kappa shape index (κ1) is 102. The molecule has 3 aliphatic heterocycles. The molecule has 3 amide bonds. The molecule has 1 saturated carbocycles. The molecule has 2 unspecified atom stereocenters. The highest BCUT2D eigenvalue weighted by Gasteiger charge is 2.37. The van der Waals surface area contributed by atoms with E-state index in [1.54, 1.807) is 12.0 Å². The van der Waals surface area contributed by atoms with E-state index in [2.05, 4.69) is 51.6 Å². The molecule has 3 aromatic heterocycles. The number of nitrogens with one attached hydrogen (secondary N) is 2. The number of ketones is 2. The Labute approximate surface area is 748 Å². The van der Waals surface area contributed by atoms with E-state index in [9.17, 15) is 42.3 Å². The van der Waals surface area contributed by atoms with Crippen LogP contribution in [0.15, 0.2) is 94.7 Å². The molecule has 2 aromatic carbocycles. The molecule has 0 radical (unpaired) electrons. The minimum absolute atomic E-state index is 0.0122. The van der Waals surface area contributed by atoms with Crippen molar-refractivity contribution in [3.05, 3.63) is 107 Å². The fourth-order valence-corrected chi connectivity index (χ4v) is 17.6. The van der Waals surface area contributed by atoms with Gasteiger partial charge in [-0.25, -0.2) is 27.9 Å². The summed E-state index contributed by atoms with van der Waals surface area (Å²) in [6.07, 6.45) is 24.1.